The van der Waals surface area contributed by atoms with Gasteiger partial charge in [-0.15, -0.1) is 0 Å². The summed E-state index contributed by atoms with van der Waals surface area (Å²) in [6, 6.07) is 16.3. The lowest BCUT2D eigenvalue weighted by molar-refractivity contribution is -0.131. The number of nitrogens with one attached hydrogen (secondary N) is 1. The van der Waals surface area contributed by atoms with Crippen LogP contribution in [0, 0.1) is 11.3 Å². The molecule has 0 aliphatic rings. The van der Waals surface area contributed by atoms with Crippen molar-refractivity contribution in [3.63, 3.8) is 0 Å². The molecule has 0 aromatic heterocycles. The molecule has 6 heteroatoms. The summed E-state index contributed by atoms with van der Waals surface area (Å²) in [7, 11) is 0. The van der Waals surface area contributed by atoms with Crippen molar-refractivity contribution in [2.24, 2.45) is 5.73 Å². The van der Waals surface area contributed by atoms with E-state index in [0.717, 1.165) is 0 Å². The summed E-state index contributed by atoms with van der Waals surface area (Å²) < 4.78 is 5.52. The molecule has 2 atom stereocenters. The first-order valence-electron chi connectivity index (χ1n) is 7.32. The number of carbonyl (C=O) groups excluding carboxylic acids is 2. The van der Waals surface area contributed by atoms with Gasteiger partial charge in [-0.05, 0) is 30.7 Å². The molecule has 0 bridgehead atoms. The standard InChI is InChI=1S/C18H17N3O3/c1-12(24-15-9-5-6-13(10-15)11-19)18(23)21-16(17(20)22)14-7-3-2-4-8-14/h2-10,12,16H,1H3,(H2,20,22)(H,21,23)/t12-,16+/m1/s1. The summed E-state index contributed by atoms with van der Waals surface area (Å²) in [6.45, 7) is 1.55. The molecule has 0 fully saturated rings. The van der Waals surface area contributed by atoms with E-state index in [9.17, 15) is 9.59 Å². The molecule has 24 heavy (non-hydrogen) atoms. The Morgan fingerprint density at radius 3 is 2.50 bits per heavy atom. The minimum Gasteiger partial charge on any atom is -0.481 e. The number of carbonyl (C=O) groups is 2. The number of nitrogens with zero attached hydrogens (tertiary/aromatic N) is 1. The van der Waals surface area contributed by atoms with Crippen LogP contribution in [0.4, 0.5) is 0 Å². The van der Waals surface area contributed by atoms with E-state index in [1.165, 1.54) is 6.07 Å². The molecule has 0 aliphatic heterocycles. The second kappa shape index (κ2) is 7.79. The predicted octanol–water partition coefficient (Wildman–Crippen LogP) is 1.67. The van der Waals surface area contributed by atoms with Gasteiger partial charge in [0.25, 0.3) is 5.91 Å². The van der Waals surface area contributed by atoms with E-state index in [-0.39, 0.29) is 0 Å². The number of hydrogen-bond donors (Lipinski definition) is 2. The Morgan fingerprint density at radius 2 is 1.88 bits per heavy atom. The number of ether oxygens (including phenoxy) is 1. The van der Waals surface area contributed by atoms with Crippen LogP contribution in [0.3, 0.4) is 0 Å². The van der Waals surface area contributed by atoms with Gasteiger partial charge in [0, 0.05) is 0 Å². The van der Waals surface area contributed by atoms with E-state index in [1.54, 1.807) is 55.5 Å². The fourth-order valence-corrected chi connectivity index (χ4v) is 2.12. The van der Waals surface area contributed by atoms with Gasteiger partial charge in [-0.3, -0.25) is 9.59 Å². The molecule has 0 saturated heterocycles. The summed E-state index contributed by atoms with van der Waals surface area (Å²) in [5.74, 6) is -0.745. The molecule has 2 amide bonds. The fraction of sp³-hybridized carbons (Fsp3) is 0.167. The van der Waals surface area contributed by atoms with E-state index >= 15 is 0 Å². The number of amides is 2. The fourth-order valence-electron chi connectivity index (χ4n) is 2.12. The largest absolute Gasteiger partial charge is 0.481 e. The van der Waals surface area contributed by atoms with Crippen LogP contribution in [0.15, 0.2) is 54.6 Å². The summed E-state index contributed by atoms with van der Waals surface area (Å²) in [4.78, 5) is 23.9. The third kappa shape index (κ3) is 4.34. The average molecular weight is 323 g/mol. The summed E-state index contributed by atoms with van der Waals surface area (Å²) >= 11 is 0. The minimum absolute atomic E-state index is 0.395. The van der Waals surface area contributed by atoms with E-state index in [2.05, 4.69) is 5.32 Å². The molecule has 2 aromatic carbocycles. The zero-order chi connectivity index (χ0) is 17.5. The van der Waals surface area contributed by atoms with Gasteiger partial charge in [-0.1, -0.05) is 36.4 Å². The molecule has 0 unspecified atom stereocenters. The molecule has 122 valence electrons. The van der Waals surface area contributed by atoms with Crippen molar-refractivity contribution in [1.82, 2.24) is 5.32 Å². The molecule has 2 rings (SSSR count). The van der Waals surface area contributed by atoms with Crippen molar-refractivity contribution in [1.29, 1.82) is 5.26 Å². The van der Waals surface area contributed by atoms with Gasteiger partial charge in [0.05, 0.1) is 11.6 Å². The first-order chi connectivity index (χ1) is 11.5. The van der Waals surface area contributed by atoms with Gasteiger partial charge in [0.15, 0.2) is 6.10 Å². The lowest BCUT2D eigenvalue weighted by Crippen LogP contribution is -2.43. The lowest BCUT2D eigenvalue weighted by Gasteiger charge is -2.19. The topological polar surface area (TPSA) is 105 Å². The van der Waals surface area contributed by atoms with E-state index < -0.39 is 24.0 Å². The molecular weight excluding hydrogens is 306 g/mol. The van der Waals surface area contributed by atoms with Crippen molar-refractivity contribution in [3.05, 3.63) is 65.7 Å². The smallest absolute Gasteiger partial charge is 0.261 e. The Labute approximate surface area is 139 Å². The van der Waals surface area contributed by atoms with Gasteiger partial charge in [-0.2, -0.15) is 5.26 Å². The van der Waals surface area contributed by atoms with Crippen LogP contribution in [0.2, 0.25) is 0 Å². The van der Waals surface area contributed by atoms with E-state index in [0.29, 0.717) is 16.9 Å². The molecule has 0 radical (unpaired) electrons. The highest BCUT2D eigenvalue weighted by molar-refractivity contribution is 5.89. The molecule has 0 saturated carbocycles. The average Bonchev–Trinajstić information content (AvgIpc) is 2.60. The summed E-state index contributed by atoms with van der Waals surface area (Å²) in [6.07, 6.45) is -0.857. The van der Waals surface area contributed by atoms with E-state index in [4.69, 9.17) is 15.7 Å². The molecular formula is C18H17N3O3. The molecule has 0 aliphatic carbocycles. The van der Waals surface area contributed by atoms with Crippen molar-refractivity contribution in [2.45, 2.75) is 19.1 Å². The van der Waals surface area contributed by atoms with Crippen LogP contribution in [0.1, 0.15) is 24.1 Å². The maximum atomic E-state index is 12.3. The van der Waals surface area contributed by atoms with Crippen molar-refractivity contribution in [2.75, 3.05) is 0 Å². The second-order valence-electron chi connectivity index (χ2n) is 5.15. The highest BCUT2D eigenvalue weighted by Crippen LogP contribution is 2.16. The van der Waals surface area contributed by atoms with Crippen LogP contribution in [0.25, 0.3) is 0 Å². The third-order valence-electron chi connectivity index (χ3n) is 3.35. The Bertz CT molecular complexity index is 769. The number of rotatable bonds is 6. The lowest BCUT2D eigenvalue weighted by atomic mass is 10.1. The molecule has 3 N–H and O–H groups in total. The van der Waals surface area contributed by atoms with Gasteiger partial charge < -0.3 is 15.8 Å². The third-order valence-corrected chi connectivity index (χ3v) is 3.35. The van der Waals surface area contributed by atoms with Gasteiger partial charge >= 0.3 is 0 Å². The van der Waals surface area contributed by atoms with Crippen molar-refractivity contribution < 1.29 is 14.3 Å². The maximum absolute atomic E-state index is 12.3. The number of benzene rings is 2. The van der Waals surface area contributed by atoms with Crippen LogP contribution < -0.4 is 15.8 Å². The molecule has 2 aromatic rings. The zero-order valence-electron chi connectivity index (χ0n) is 13.1. The highest BCUT2D eigenvalue weighted by Gasteiger charge is 2.24. The normalized spacial score (nSPS) is 12.5. The van der Waals surface area contributed by atoms with Crippen molar-refractivity contribution in [3.8, 4) is 11.8 Å². The number of hydrogen-bond acceptors (Lipinski definition) is 4. The number of primary amides is 1. The van der Waals surface area contributed by atoms with Crippen molar-refractivity contribution >= 4 is 11.8 Å². The van der Waals surface area contributed by atoms with E-state index in [1.807, 2.05) is 6.07 Å². The summed E-state index contributed by atoms with van der Waals surface area (Å²) in [5.41, 5.74) is 6.40. The van der Waals surface area contributed by atoms with Gasteiger partial charge in [-0.25, -0.2) is 0 Å². The monoisotopic (exact) mass is 323 g/mol. The van der Waals surface area contributed by atoms with Crippen LogP contribution in [-0.4, -0.2) is 17.9 Å². The first kappa shape index (κ1) is 17.0. The Morgan fingerprint density at radius 1 is 1.17 bits per heavy atom. The van der Waals surface area contributed by atoms with Crippen LogP contribution in [0.5, 0.6) is 5.75 Å². The first-order valence-corrected chi connectivity index (χ1v) is 7.32. The Balaban J connectivity index is 2.06. The minimum atomic E-state index is -0.935. The number of nitrogens with two attached hydrogens (primary N) is 1. The van der Waals surface area contributed by atoms with Crippen LogP contribution >= 0.6 is 0 Å². The Kier molecular flexibility index (Phi) is 5.53. The Hall–Kier alpha value is -3.33. The van der Waals surface area contributed by atoms with Gasteiger partial charge in [0.1, 0.15) is 11.8 Å². The number of nitriles is 1. The molecule has 6 nitrogen and oxygen atoms in total. The highest BCUT2D eigenvalue weighted by atomic mass is 16.5. The molecule has 0 spiro atoms. The zero-order valence-corrected chi connectivity index (χ0v) is 13.1. The maximum Gasteiger partial charge on any atom is 0.261 e. The predicted molar refractivity (Wildman–Crippen MR) is 87.8 cm³/mol. The second-order valence-corrected chi connectivity index (χ2v) is 5.15. The van der Waals surface area contributed by atoms with Crippen LogP contribution in [-0.2, 0) is 9.59 Å². The SMILES string of the molecule is C[C@@H](Oc1cccc(C#N)c1)C(=O)N[C@H](C(N)=O)c1ccccc1. The van der Waals surface area contributed by atoms with Gasteiger partial charge in [0.2, 0.25) is 5.91 Å². The molecule has 0 heterocycles. The quantitative estimate of drug-likeness (QED) is 0.843. The summed E-state index contributed by atoms with van der Waals surface area (Å²) in [5, 5.41) is 11.5.